The predicted octanol–water partition coefficient (Wildman–Crippen LogP) is 0.221. The van der Waals surface area contributed by atoms with Gasteiger partial charge in [-0.05, 0) is 6.42 Å². The third-order valence-corrected chi connectivity index (χ3v) is 1.77. The summed E-state index contributed by atoms with van der Waals surface area (Å²) in [5, 5.41) is 19.2. The molecule has 6 nitrogen and oxygen atoms in total. The lowest BCUT2D eigenvalue weighted by molar-refractivity contribution is -0.147. The number of hydrogen-bond acceptors (Lipinski definition) is 3. The Morgan fingerprint density at radius 3 is 2.27 bits per heavy atom. The lowest BCUT2D eigenvalue weighted by Crippen LogP contribution is -2.42. The van der Waals surface area contributed by atoms with Crippen molar-refractivity contribution in [2.24, 2.45) is 0 Å². The quantitative estimate of drug-likeness (QED) is 0.566. The van der Waals surface area contributed by atoms with Gasteiger partial charge in [-0.2, -0.15) is 0 Å². The van der Waals surface area contributed by atoms with Gasteiger partial charge in [-0.3, -0.25) is 9.59 Å². The van der Waals surface area contributed by atoms with Crippen LogP contribution in [0.2, 0.25) is 0 Å². The summed E-state index contributed by atoms with van der Waals surface area (Å²) >= 11 is 0. The molecule has 0 aromatic carbocycles. The number of hydrogen-bond donors (Lipinski definition) is 3. The van der Waals surface area contributed by atoms with Crippen molar-refractivity contribution in [3.63, 3.8) is 0 Å². The lowest BCUT2D eigenvalue weighted by Gasteiger charge is -2.11. The van der Waals surface area contributed by atoms with Gasteiger partial charge in [0.2, 0.25) is 5.91 Å². The van der Waals surface area contributed by atoms with Crippen molar-refractivity contribution >= 4 is 17.8 Å². The van der Waals surface area contributed by atoms with E-state index >= 15 is 0 Å². The van der Waals surface area contributed by atoms with Crippen molar-refractivity contribution in [2.75, 3.05) is 0 Å². The maximum atomic E-state index is 11.1. The molecule has 0 aromatic rings. The maximum Gasteiger partial charge on any atom is 0.326 e. The van der Waals surface area contributed by atoms with E-state index in [1.165, 1.54) is 0 Å². The van der Waals surface area contributed by atoms with Crippen LogP contribution in [0.3, 0.4) is 0 Å². The highest BCUT2D eigenvalue weighted by Crippen LogP contribution is 1.97. The molecule has 1 atom stereocenters. The minimum atomic E-state index is -1.34. The average Bonchev–Trinajstić information content (AvgIpc) is 2.12. The number of carbonyl (C=O) groups is 3. The molecule has 0 aromatic heterocycles. The molecule has 0 aliphatic rings. The molecule has 3 N–H and O–H groups in total. The van der Waals surface area contributed by atoms with Crippen molar-refractivity contribution in [3.05, 3.63) is 0 Å². The molecule has 15 heavy (non-hydrogen) atoms. The number of carboxylic acids is 2. The first-order valence-electron chi connectivity index (χ1n) is 4.71. The van der Waals surface area contributed by atoms with Gasteiger partial charge < -0.3 is 15.5 Å². The highest BCUT2D eigenvalue weighted by molar-refractivity contribution is 5.86. The van der Waals surface area contributed by atoms with E-state index in [0.29, 0.717) is 6.42 Å². The first-order chi connectivity index (χ1) is 6.97. The summed E-state index contributed by atoms with van der Waals surface area (Å²) in [5.74, 6) is -3.01. The van der Waals surface area contributed by atoms with Gasteiger partial charge in [-0.1, -0.05) is 13.3 Å². The summed E-state index contributed by atoms with van der Waals surface area (Å²) in [4.78, 5) is 32.0. The fourth-order valence-electron chi connectivity index (χ4n) is 0.979. The minimum Gasteiger partial charge on any atom is -0.481 e. The van der Waals surface area contributed by atoms with Gasteiger partial charge in [0.05, 0.1) is 6.42 Å². The fraction of sp³-hybridized carbons (Fsp3) is 0.667. The molecule has 0 saturated carbocycles. The van der Waals surface area contributed by atoms with Crippen LogP contribution in [0.25, 0.3) is 0 Å². The predicted molar refractivity (Wildman–Crippen MR) is 51.3 cm³/mol. The fourth-order valence-corrected chi connectivity index (χ4v) is 0.979. The van der Waals surface area contributed by atoms with Crippen molar-refractivity contribution < 1.29 is 24.6 Å². The van der Waals surface area contributed by atoms with E-state index in [0.717, 1.165) is 6.42 Å². The molecule has 0 heterocycles. The molecule has 0 bridgehead atoms. The molecule has 86 valence electrons. The highest BCUT2D eigenvalue weighted by atomic mass is 16.4. The number of amides is 1. The van der Waals surface area contributed by atoms with E-state index in [2.05, 4.69) is 5.32 Å². The second-order valence-corrected chi connectivity index (χ2v) is 3.16. The van der Waals surface area contributed by atoms with E-state index in [4.69, 9.17) is 10.2 Å². The summed E-state index contributed by atoms with van der Waals surface area (Å²) in [7, 11) is 0. The first kappa shape index (κ1) is 13.4. The highest BCUT2D eigenvalue weighted by Gasteiger charge is 2.22. The van der Waals surface area contributed by atoms with Crippen molar-refractivity contribution in [2.45, 2.75) is 38.6 Å². The second-order valence-electron chi connectivity index (χ2n) is 3.16. The SMILES string of the molecule is CCCCC(=O)N[C@@H](CC(=O)O)C(=O)O. The molecule has 0 radical (unpaired) electrons. The zero-order valence-electron chi connectivity index (χ0n) is 8.52. The van der Waals surface area contributed by atoms with Crippen LogP contribution in [0.15, 0.2) is 0 Å². The standard InChI is InChI=1S/C9H15NO5/c1-2-3-4-7(11)10-6(9(14)15)5-8(12)13/h6H,2-5H2,1H3,(H,10,11)(H,12,13)(H,14,15)/t6-/m0/s1. The third-order valence-electron chi connectivity index (χ3n) is 1.77. The Hall–Kier alpha value is -1.59. The first-order valence-corrected chi connectivity index (χ1v) is 4.71. The molecule has 0 fully saturated rings. The Kier molecular flexibility index (Phi) is 6.08. The van der Waals surface area contributed by atoms with E-state index < -0.39 is 30.3 Å². The topological polar surface area (TPSA) is 104 Å². The van der Waals surface area contributed by atoms with E-state index in [9.17, 15) is 14.4 Å². The Bertz CT molecular complexity index is 251. The van der Waals surface area contributed by atoms with Crippen LogP contribution in [0.1, 0.15) is 32.6 Å². The molecule has 0 aliphatic carbocycles. The van der Waals surface area contributed by atoms with E-state index in [-0.39, 0.29) is 6.42 Å². The number of rotatable bonds is 7. The minimum absolute atomic E-state index is 0.222. The summed E-state index contributed by atoms with van der Waals surface area (Å²) < 4.78 is 0. The summed E-state index contributed by atoms with van der Waals surface area (Å²) in [6.45, 7) is 1.90. The number of carboxylic acid groups (broad SMARTS) is 2. The van der Waals surface area contributed by atoms with Crippen LogP contribution >= 0.6 is 0 Å². The van der Waals surface area contributed by atoms with E-state index in [1.807, 2.05) is 6.92 Å². The molecule has 1 amide bonds. The molecular formula is C9H15NO5. The lowest BCUT2D eigenvalue weighted by atomic mass is 10.2. The Balaban J connectivity index is 4.10. The van der Waals surface area contributed by atoms with Crippen LogP contribution in [-0.2, 0) is 14.4 Å². The molecular weight excluding hydrogens is 202 g/mol. The van der Waals surface area contributed by atoms with Crippen LogP contribution in [0.5, 0.6) is 0 Å². The molecule has 6 heteroatoms. The molecule has 0 spiro atoms. The van der Waals surface area contributed by atoms with Gasteiger partial charge in [0.25, 0.3) is 0 Å². The molecule has 0 unspecified atom stereocenters. The van der Waals surface area contributed by atoms with Crippen molar-refractivity contribution in [1.82, 2.24) is 5.32 Å². The Morgan fingerprint density at radius 1 is 1.27 bits per heavy atom. The molecule has 0 rings (SSSR count). The Labute approximate surface area is 87.3 Å². The second kappa shape index (κ2) is 6.80. The van der Waals surface area contributed by atoms with Gasteiger partial charge in [-0.15, -0.1) is 0 Å². The monoisotopic (exact) mass is 217 g/mol. The van der Waals surface area contributed by atoms with Crippen molar-refractivity contribution in [1.29, 1.82) is 0 Å². The van der Waals surface area contributed by atoms with E-state index in [1.54, 1.807) is 0 Å². The van der Waals surface area contributed by atoms with Crippen LogP contribution in [-0.4, -0.2) is 34.1 Å². The van der Waals surface area contributed by atoms with Gasteiger partial charge in [0, 0.05) is 6.42 Å². The van der Waals surface area contributed by atoms with Gasteiger partial charge in [-0.25, -0.2) is 4.79 Å². The van der Waals surface area contributed by atoms with Crippen LogP contribution in [0, 0.1) is 0 Å². The summed E-state index contributed by atoms with van der Waals surface area (Å²) in [6, 6.07) is -1.34. The van der Waals surface area contributed by atoms with Gasteiger partial charge in [0.1, 0.15) is 6.04 Å². The number of carbonyl (C=O) groups excluding carboxylic acids is 1. The maximum absolute atomic E-state index is 11.1. The normalized spacial score (nSPS) is 11.8. The van der Waals surface area contributed by atoms with Crippen LogP contribution in [0.4, 0.5) is 0 Å². The smallest absolute Gasteiger partial charge is 0.326 e. The Morgan fingerprint density at radius 2 is 1.87 bits per heavy atom. The third kappa shape index (κ3) is 6.48. The summed E-state index contributed by atoms with van der Waals surface area (Å²) in [6.07, 6.45) is 1.10. The zero-order valence-corrected chi connectivity index (χ0v) is 8.52. The van der Waals surface area contributed by atoms with Crippen LogP contribution < -0.4 is 5.32 Å². The van der Waals surface area contributed by atoms with Gasteiger partial charge >= 0.3 is 11.9 Å². The van der Waals surface area contributed by atoms with Gasteiger partial charge in [0.15, 0.2) is 0 Å². The summed E-state index contributed by atoms with van der Waals surface area (Å²) in [5.41, 5.74) is 0. The molecule has 0 saturated heterocycles. The number of unbranched alkanes of at least 4 members (excludes halogenated alkanes) is 1. The largest absolute Gasteiger partial charge is 0.481 e. The number of nitrogens with one attached hydrogen (secondary N) is 1. The van der Waals surface area contributed by atoms with Crippen molar-refractivity contribution in [3.8, 4) is 0 Å². The average molecular weight is 217 g/mol. The molecule has 0 aliphatic heterocycles. The zero-order chi connectivity index (χ0) is 11.8. The number of aliphatic carboxylic acids is 2.